The van der Waals surface area contributed by atoms with Crippen LogP contribution in [0.1, 0.15) is 23.9 Å². The molecule has 7 heteroatoms. The molecule has 4 rings (SSSR count). The van der Waals surface area contributed by atoms with Gasteiger partial charge >= 0.3 is 0 Å². The monoisotopic (exact) mass is 337 g/mol. The van der Waals surface area contributed by atoms with Gasteiger partial charge in [-0.3, -0.25) is 10.1 Å². The van der Waals surface area contributed by atoms with Gasteiger partial charge in [0.05, 0.1) is 31.7 Å². The van der Waals surface area contributed by atoms with E-state index in [1.54, 1.807) is 25.7 Å². The first kappa shape index (κ1) is 15.6. The van der Waals surface area contributed by atoms with Crippen LogP contribution in [0, 0.1) is 12.8 Å². The van der Waals surface area contributed by atoms with Crippen LogP contribution in [0.25, 0.3) is 11.1 Å². The maximum atomic E-state index is 6.02. The standard InChI is InChI=1S/C18H19N5O2/c1-11-19-9-16(13-6-21-22-7-13)18(23-11)25-10-12-5-15(12)17-4-3-14(24-2)8-20-17/h3-4,6-9,12,15H,5,10H2,1-2H3,(H,21,22)/t12-,15+/m1/s1. The van der Waals surface area contributed by atoms with Gasteiger partial charge in [-0.25, -0.2) is 4.98 Å². The number of hydrogen-bond acceptors (Lipinski definition) is 6. The number of aromatic amines is 1. The van der Waals surface area contributed by atoms with Crippen LogP contribution in [-0.4, -0.2) is 38.9 Å². The van der Waals surface area contributed by atoms with Crippen molar-refractivity contribution in [2.75, 3.05) is 13.7 Å². The first-order chi connectivity index (χ1) is 12.2. The maximum Gasteiger partial charge on any atom is 0.224 e. The van der Waals surface area contributed by atoms with Crippen LogP contribution in [-0.2, 0) is 0 Å². The van der Waals surface area contributed by atoms with E-state index in [0.29, 0.717) is 30.1 Å². The van der Waals surface area contributed by atoms with Gasteiger partial charge in [0.2, 0.25) is 5.88 Å². The number of hydrogen-bond donors (Lipinski definition) is 1. The van der Waals surface area contributed by atoms with Crippen LogP contribution in [0.15, 0.2) is 36.9 Å². The van der Waals surface area contributed by atoms with Gasteiger partial charge in [-0.1, -0.05) is 0 Å². The van der Waals surface area contributed by atoms with Crippen LogP contribution in [0.3, 0.4) is 0 Å². The first-order valence-corrected chi connectivity index (χ1v) is 8.20. The van der Waals surface area contributed by atoms with E-state index in [1.165, 1.54) is 0 Å². The predicted molar refractivity (Wildman–Crippen MR) is 91.5 cm³/mol. The molecule has 0 amide bonds. The summed E-state index contributed by atoms with van der Waals surface area (Å²) in [5.74, 6) is 2.95. The molecule has 1 saturated carbocycles. The summed E-state index contributed by atoms with van der Waals surface area (Å²) < 4.78 is 11.2. The lowest BCUT2D eigenvalue weighted by Gasteiger charge is -2.09. The first-order valence-electron chi connectivity index (χ1n) is 8.20. The molecular formula is C18H19N5O2. The van der Waals surface area contributed by atoms with E-state index in [-0.39, 0.29) is 0 Å². The van der Waals surface area contributed by atoms with Gasteiger partial charge in [-0.2, -0.15) is 10.1 Å². The largest absolute Gasteiger partial charge is 0.495 e. The third-order valence-electron chi connectivity index (χ3n) is 4.42. The second kappa shape index (κ2) is 6.51. The summed E-state index contributed by atoms with van der Waals surface area (Å²) in [6.45, 7) is 2.47. The fourth-order valence-electron chi connectivity index (χ4n) is 2.87. The molecule has 1 aliphatic carbocycles. The van der Waals surface area contributed by atoms with Crippen LogP contribution in [0.4, 0.5) is 0 Å². The molecule has 2 atom stereocenters. The summed E-state index contributed by atoms with van der Waals surface area (Å²) in [7, 11) is 1.64. The third kappa shape index (κ3) is 3.31. The van der Waals surface area contributed by atoms with Crippen molar-refractivity contribution < 1.29 is 9.47 Å². The lowest BCUT2D eigenvalue weighted by atomic mass is 10.2. The van der Waals surface area contributed by atoms with E-state index in [0.717, 1.165) is 29.0 Å². The molecule has 3 aromatic heterocycles. The van der Waals surface area contributed by atoms with E-state index < -0.39 is 0 Å². The Hall–Kier alpha value is -2.96. The topological polar surface area (TPSA) is 85.8 Å². The molecule has 0 radical (unpaired) electrons. The van der Waals surface area contributed by atoms with Gasteiger partial charge in [-0.15, -0.1) is 0 Å². The zero-order chi connectivity index (χ0) is 17.2. The summed E-state index contributed by atoms with van der Waals surface area (Å²) in [5, 5.41) is 6.79. The van der Waals surface area contributed by atoms with Crippen LogP contribution in [0.5, 0.6) is 11.6 Å². The zero-order valence-electron chi connectivity index (χ0n) is 14.1. The van der Waals surface area contributed by atoms with Crippen molar-refractivity contribution in [2.45, 2.75) is 19.3 Å². The molecule has 3 aromatic rings. The lowest BCUT2D eigenvalue weighted by molar-refractivity contribution is 0.285. The Morgan fingerprint density at radius 1 is 1.20 bits per heavy atom. The highest BCUT2D eigenvalue weighted by Gasteiger charge is 2.40. The molecule has 0 aliphatic heterocycles. The Kier molecular flexibility index (Phi) is 4.05. The molecule has 25 heavy (non-hydrogen) atoms. The van der Waals surface area contributed by atoms with Crippen molar-refractivity contribution in [1.29, 1.82) is 0 Å². The zero-order valence-corrected chi connectivity index (χ0v) is 14.1. The van der Waals surface area contributed by atoms with Crippen LogP contribution >= 0.6 is 0 Å². The van der Waals surface area contributed by atoms with Crippen LogP contribution in [0.2, 0.25) is 0 Å². The fourth-order valence-corrected chi connectivity index (χ4v) is 2.87. The minimum atomic E-state index is 0.436. The van der Waals surface area contributed by atoms with E-state index in [4.69, 9.17) is 9.47 Å². The Morgan fingerprint density at radius 2 is 2.12 bits per heavy atom. The van der Waals surface area contributed by atoms with Gasteiger partial charge < -0.3 is 9.47 Å². The fraction of sp³-hybridized carbons (Fsp3) is 0.333. The molecule has 1 fully saturated rings. The number of ether oxygens (including phenoxy) is 2. The van der Waals surface area contributed by atoms with Gasteiger partial charge in [-0.05, 0) is 25.5 Å². The summed E-state index contributed by atoms with van der Waals surface area (Å²) in [6.07, 6.45) is 8.16. The molecule has 0 spiro atoms. The highest BCUT2D eigenvalue weighted by molar-refractivity contribution is 5.66. The predicted octanol–water partition coefficient (Wildman–Crippen LogP) is 2.76. The van der Waals surface area contributed by atoms with Crippen molar-refractivity contribution in [2.24, 2.45) is 5.92 Å². The Balaban J connectivity index is 1.43. The van der Waals surface area contributed by atoms with Crippen molar-refractivity contribution in [3.63, 3.8) is 0 Å². The number of methoxy groups -OCH3 is 1. The highest BCUT2D eigenvalue weighted by Crippen LogP contribution is 2.47. The van der Waals surface area contributed by atoms with Gasteiger partial charge in [0.25, 0.3) is 0 Å². The Morgan fingerprint density at radius 3 is 2.84 bits per heavy atom. The smallest absolute Gasteiger partial charge is 0.224 e. The van der Waals surface area contributed by atoms with Crippen molar-refractivity contribution in [3.8, 4) is 22.8 Å². The van der Waals surface area contributed by atoms with Crippen molar-refractivity contribution in [1.82, 2.24) is 25.1 Å². The van der Waals surface area contributed by atoms with E-state index >= 15 is 0 Å². The Labute approximate surface area is 145 Å². The summed E-state index contributed by atoms with van der Waals surface area (Å²) in [4.78, 5) is 13.2. The molecule has 1 aliphatic rings. The molecule has 7 nitrogen and oxygen atoms in total. The summed E-state index contributed by atoms with van der Waals surface area (Å²) in [6, 6.07) is 3.97. The quantitative estimate of drug-likeness (QED) is 0.744. The molecule has 0 bridgehead atoms. The summed E-state index contributed by atoms with van der Waals surface area (Å²) in [5.41, 5.74) is 2.85. The molecule has 128 valence electrons. The molecule has 3 heterocycles. The number of rotatable bonds is 6. The number of aromatic nitrogens is 5. The number of aryl methyl sites for hydroxylation is 1. The molecule has 0 saturated heterocycles. The minimum absolute atomic E-state index is 0.436. The lowest BCUT2D eigenvalue weighted by Crippen LogP contribution is -2.05. The minimum Gasteiger partial charge on any atom is -0.495 e. The molecule has 1 N–H and O–H groups in total. The summed E-state index contributed by atoms with van der Waals surface area (Å²) >= 11 is 0. The third-order valence-corrected chi connectivity index (χ3v) is 4.42. The van der Waals surface area contributed by atoms with Gasteiger partial charge in [0, 0.05) is 35.5 Å². The number of pyridine rings is 1. The van der Waals surface area contributed by atoms with Crippen molar-refractivity contribution in [3.05, 3.63) is 48.4 Å². The SMILES string of the molecule is COc1ccc([C@H]2C[C@@H]2COc2nc(C)ncc2-c2cn[nH]c2)nc1. The molecular weight excluding hydrogens is 318 g/mol. The maximum absolute atomic E-state index is 6.02. The molecule has 0 aromatic carbocycles. The van der Waals surface area contributed by atoms with Crippen molar-refractivity contribution >= 4 is 0 Å². The number of nitrogens with one attached hydrogen (secondary N) is 1. The Bertz CT molecular complexity index is 848. The van der Waals surface area contributed by atoms with Crippen LogP contribution < -0.4 is 9.47 Å². The second-order valence-corrected chi connectivity index (χ2v) is 6.16. The molecule has 0 unspecified atom stereocenters. The van der Waals surface area contributed by atoms with E-state index in [1.807, 2.05) is 25.3 Å². The van der Waals surface area contributed by atoms with Gasteiger partial charge in [0.15, 0.2) is 0 Å². The average molecular weight is 337 g/mol. The number of nitrogens with zero attached hydrogens (tertiary/aromatic N) is 4. The number of H-pyrrole nitrogens is 1. The van der Waals surface area contributed by atoms with E-state index in [2.05, 4.69) is 25.1 Å². The second-order valence-electron chi connectivity index (χ2n) is 6.16. The highest BCUT2D eigenvalue weighted by atomic mass is 16.5. The normalized spacial score (nSPS) is 18.8. The van der Waals surface area contributed by atoms with E-state index in [9.17, 15) is 0 Å². The van der Waals surface area contributed by atoms with Gasteiger partial charge in [0.1, 0.15) is 11.6 Å². The average Bonchev–Trinajstić information content (AvgIpc) is 3.21.